The molecular formula is C18H18ClNO4. The van der Waals surface area contributed by atoms with E-state index in [1.807, 2.05) is 18.2 Å². The average molecular weight is 348 g/mol. The van der Waals surface area contributed by atoms with Crippen LogP contribution in [0.5, 0.6) is 11.5 Å². The highest BCUT2D eigenvalue weighted by molar-refractivity contribution is 6.31. The number of rotatable bonds is 3. The molecule has 1 fully saturated rings. The summed E-state index contributed by atoms with van der Waals surface area (Å²) in [5, 5.41) is 10.7. The molecule has 1 N–H and O–H groups in total. The number of halogens is 1. The smallest absolute Gasteiger partial charge is 0.257 e. The molecule has 0 spiro atoms. The van der Waals surface area contributed by atoms with Gasteiger partial charge < -0.3 is 19.5 Å². The minimum absolute atomic E-state index is 0.0971. The molecule has 0 radical (unpaired) electrons. The van der Waals surface area contributed by atoms with Gasteiger partial charge in [-0.15, -0.1) is 0 Å². The summed E-state index contributed by atoms with van der Waals surface area (Å²) in [7, 11) is 1.51. The summed E-state index contributed by atoms with van der Waals surface area (Å²) < 4.78 is 10.8. The van der Waals surface area contributed by atoms with Crippen molar-refractivity contribution in [1.82, 2.24) is 4.90 Å². The summed E-state index contributed by atoms with van der Waals surface area (Å²) in [5.41, 5.74) is 1.10. The second kappa shape index (κ2) is 7.11. The van der Waals surface area contributed by atoms with Gasteiger partial charge in [0, 0.05) is 23.2 Å². The van der Waals surface area contributed by atoms with E-state index in [0.717, 1.165) is 5.56 Å². The minimum atomic E-state index is -0.281. The molecule has 6 heteroatoms. The van der Waals surface area contributed by atoms with Crippen molar-refractivity contribution in [3.05, 3.63) is 58.6 Å². The number of aromatic hydroxyl groups is 1. The Labute approximate surface area is 145 Å². The molecule has 1 aliphatic heterocycles. The Bertz CT molecular complexity index is 750. The number of ether oxygens (including phenoxy) is 2. The highest BCUT2D eigenvalue weighted by Crippen LogP contribution is 2.30. The van der Waals surface area contributed by atoms with E-state index in [0.29, 0.717) is 30.5 Å². The van der Waals surface area contributed by atoms with Crippen LogP contribution in [0.25, 0.3) is 0 Å². The van der Waals surface area contributed by atoms with E-state index in [2.05, 4.69) is 0 Å². The van der Waals surface area contributed by atoms with Gasteiger partial charge in [0.15, 0.2) is 0 Å². The summed E-state index contributed by atoms with van der Waals surface area (Å²) in [6, 6.07) is 12.1. The van der Waals surface area contributed by atoms with Crippen LogP contribution in [0.2, 0.25) is 5.02 Å². The molecular weight excluding hydrogens is 330 g/mol. The van der Waals surface area contributed by atoms with Crippen LogP contribution in [0.4, 0.5) is 0 Å². The van der Waals surface area contributed by atoms with Gasteiger partial charge in [-0.2, -0.15) is 0 Å². The third-order valence-electron chi connectivity index (χ3n) is 4.04. The monoisotopic (exact) mass is 347 g/mol. The SMILES string of the molecule is COc1ccc(C(=O)N2CCO[C@@H](c3ccccc3Cl)C2)c(O)c1. The first-order valence-electron chi connectivity index (χ1n) is 7.62. The van der Waals surface area contributed by atoms with Gasteiger partial charge >= 0.3 is 0 Å². The van der Waals surface area contributed by atoms with Crippen LogP contribution < -0.4 is 4.74 Å². The van der Waals surface area contributed by atoms with Gasteiger partial charge in [0.25, 0.3) is 5.91 Å². The molecule has 1 saturated heterocycles. The molecule has 0 aliphatic carbocycles. The third kappa shape index (κ3) is 3.32. The van der Waals surface area contributed by atoms with Crippen LogP contribution in [0.1, 0.15) is 22.0 Å². The zero-order chi connectivity index (χ0) is 17.1. The van der Waals surface area contributed by atoms with Crippen LogP contribution in [-0.2, 0) is 4.74 Å². The fourth-order valence-electron chi connectivity index (χ4n) is 2.75. The van der Waals surface area contributed by atoms with E-state index in [1.54, 1.807) is 23.1 Å². The van der Waals surface area contributed by atoms with Crippen LogP contribution in [0.15, 0.2) is 42.5 Å². The lowest BCUT2D eigenvalue weighted by Gasteiger charge is -2.33. The minimum Gasteiger partial charge on any atom is -0.507 e. The van der Waals surface area contributed by atoms with Gasteiger partial charge in [-0.3, -0.25) is 4.79 Å². The number of benzene rings is 2. The summed E-state index contributed by atoms with van der Waals surface area (Å²) in [5.74, 6) is 0.163. The van der Waals surface area contributed by atoms with E-state index < -0.39 is 0 Å². The Morgan fingerprint density at radius 3 is 2.83 bits per heavy atom. The summed E-state index contributed by atoms with van der Waals surface area (Å²) in [4.78, 5) is 14.4. The van der Waals surface area contributed by atoms with Crippen LogP contribution in [-0.4, -0.2) is 42.7 Å². The van der Waals surface area contributed by atoms with Crippen molar-refractivity contribution in [2.24, 2.45) is 0 Å². The first-order chi connectivity index (χ1) is 11.6. The van der Waals surface area contributed by atoms with Crippen molar-refractivity contribution in [2.75, 3.05) is 26.8 Å². The number of phenolic OH excluding ortho intramolecular Hbond substituents is 1. The number of carbonyl (C=O) groups is 1. The average Bonchev–Trinajstić information content (AvgIpc) is 2.61. The van der Waals surface area contributed by atoms with E-state index >= 15 is 0 Å². The van der Waals surface area contributed by atoms with Crippen molar-refractivity contribution in [3.8, 4) is 11.5 Å². The summed E-state index contributed by atoms with van der Waals surface area (Å²) in [6.07, 6.45) is -0.281. The van der Waals surface area contributed by atoms with Crippen molar-refractivity contribution < 1.29 is 19.4 Å². The molecule has 5 nitrogen and oxygen atoms in total. The van der Waals surface area contributed by atoms with Gasteiger partial charge in [-0.1, -0.05) is 29.8 Å². The Morgan fingerprint density at radius 2 is 2.12 bits per heavy atom. The van der Waals surface area contributed by atoms with Crippen molar-refractivity contribution in [1.29, 1.82) is 0 Å². The number of morpholine rings is 1. The number of hydrogen-bond donors (Lipinski definition) is 1. The van der Waals surface area contributed by atoms with Gasteiger partial charge in [-0.25, -0.2) is 0 Å². The predicted octanol–water partition coefficient (Wildman–Crippen LogP) is 3.27. The highest BCUT2D eigenvalue weighted by atomic mass is 35.5. The van der Waals surface area contributed by atoms with Gasteiger partial charge in [0.1, 0.15) is 17.6 Å². The number of amides is 1. The van der Waals surface area contributed by atoms with Gasteiger partial charge in [0.2, 0.25) is 0 Å². The highest BCUT2D eigenvalue weighted by Gasteiger charge is 2.28. The quantitative estimate of drug-likeness (QED) is 0.925. The van der Waals surface area contributed by atoms with E-state index in [1.165, 1.54) is 13.2 Å². The van der Waals surface area contributed by atoms with Crippen molar-refractivity contribution >= 4 is 17.5 Å². The van der Waals surface area contributed by atoms with Crippen molar-refractivity contribution in [2.45, 2.75) is 6.10 Å². The summed E-state index contributed by atoms with van der Waals surface area (Å²) in [6.45, 7) is 1.26. The molecule has 0 bridgehead atoms. The van der Waals surface area contributed by atoms with Crippen LogP contribution in [0.3, 0.4) is 0 Å². The zero-order valence-corrected chi connectivity index (χ0v) is 14.0. The lowest BCUT2D eigenvalue weighted by molar-refractivity contribution is -0.0228. The van der Waals surface area contributed by atoms with E-state index in [4.69, 9.17) is 21.1 Å². The number of carbonyl (C=O) groups excluding carboxylic acids is 1. The lowest BCUT2D eigenvalue weighted by Crippen LogP contribution is -2.42. The summed E-state index contributed by atoms with van der Waals surface area (Å²) >= 11 is 6.22. The number of nitrogens with zero attached hydrogens (tertiary/aromatic N) is 1. The molecule has 126 valence electrons. The maximum Gasteiger partial charge on any atom is 0.257 e. The van der Waals surface area contributed by atoms with Crippen LogP contribution in [0, 0.1) is 0 Å². The van der Waals surface area contributed by atoms with Gasteiger partial charge in [-0.05, 0) is 18.2 Å². The molecule has 1 aliphatic rings. The Hall–Kier alpha value is -2.24. The lowest BCUT2D eigenvalue weighted by atomic mass is 10.1. The van der Waals surface area contributed by atoms with Crippen molar-refractivity contribution in [3.63, 3.8) is 0 Å². The second-order valence-electron chi connectivity index (χ2n) is 5.52. The number of hydrogen-bond acceptors (Lipinski definition) is 4. The number of phenols is 1. The standard InChI is InChI=1S/C18H18ClNO4/c1-23-12-6-7-14(16(21)10-12)18(22)20-8-9-24-17(11-20)13-4-2-3-5-15(13)19/h2-7,10,17,21H,8-9,11H2,1H3/t17-/m1/s1. The Balaban J connectivity index is 1.80. The fourth-order valence-corrected chi connectivity index (χ4v) is 3.01. The number of methoxy groups -OCH3 is 1. The topological polar surface area (TPSA) is 59.0 Å². The molecule has 0 aromatic heterocycles. The first kappa shape index (κ1) is 16.6. The first-order valence-corrected chi connectivity index (χ1v) is 8.00. The molecule has 0 unspecified atom stereocenters. The largest absolute Gasteiger partial charge is 0.507 e. The maximum atomic E-state index is 12.7. The Kier molecular flexibility index (Phi) is 4.92. The maximum absolute atomic E-state index is 12.7. The molecule has 1 heterocycles. The zero-order valence-electron chi connectivity index (χ0n) is 13.2. The van der Waals surface area contributed by atoms with Gasteiger partial charge in [0.05, 0.1) is 25.8 Å². The normalized spacial score (nSPS) is 17.6. The molecule has 1 amide bonds. The van der Waals surface area contributed by atoms with E-state index in [9.17, 15) is 9.90 Å². The fraction of sp³-hybridized carbons (Fsp3) is 0.278. The van der Waals surface area contributed by atoms with E-state index in [-0.39, 0.29) is 23.3 Å². The predicted molar refractivity (Wildman–Crippen MR) is 90.7 cm³/mol. The molecule has 0 saturated carbocycles. The molecule has 2 aromatic carbocycles. The van der Waals surface area contributed by atoms with Crippen LogP contribution >= 0.6 is 11.6 Å². The molecule has 1 atom stereocenters. The molecule has 3 rings (SSSR count). The third-order valence-corrected chi connectivity index (χ3v) is 4.39. The molecule has 2 aromatic rings. The Morgan fingerprint density at radius 1 is 1.33 bits per heavy atom. The second-order valence-corrected chi connectivity index (χ2v) is 5.92. The molecule has 24 heavy (non-hydrogen) atoms.